The summed E-state index contributed by atoms with van der Waals surface area (Å²) in [5.74, 6) is 2.57. The summed E-state index contributed by atoms with van der Waals surface area (Å²) in [6, 6.07) is 0. The Bertz CT molecular complexity index is 693. The summed E-state index contributed by atoms with van der Waals surface area (Å²) in [7, 11) is 0. The van der Waals surface area contributed by atoms with E-state index >= 15 is 0 Å². The van der Waals surface area contributed by atoms with Crippen LogP contribution in [0.15, 0.2) is 12.2 Å². The van der Waals surface area contributed by atoms with E-state index in [0.29, 0.717) is 23.7 Å². The van der Waals surface area contributed by atoms with E-state index in [0.717, 1.165) is 50.5 Å². The minimum atomic E-state index is -0.356. The Morgan fingerprint density at radius 3 is 2.31 bits per heavy atom. The van der Waals surface area contributed by atoms with Gasteiger partial charge in [-0.3, -0.25) is 0 Å². The quantitative estimate of drug-likeness (QED) is 0.450. The van der Waals surface area contributed by atoms with Crippen LogP contribution < -0.4 is 0 Å². The number of aliphatic hydroxyl groups is 4. The Labute approximate surface area is 195 Å². The molecular formula is C28H48O4. The monoisotopic (exact) mass is 448 g/mol. The lowest BCUT2D eigenvalue weighted by atomic mass is 9.43. The lowest BCUT2D eigenvalue weighted by Crippen LogP contribution is -2.59. The molecule has 0 spiro atoms. The van der Waals surface area contributed by atoms with Crippen LogP contribution in [0, 0.1) is 52.3 Å². The number of hydrogen-bond acceptors (Lipinski definition) is 4. The zero-order chi connectivity index (χ0) is 23.4. The van der Waals surface area contributed by atoms with Crippen LogP contribution in [0.5, 0.6) is 0 Å². The lowest BCUT2D eigenvalue weighted by Gasteiger charge is -2.62. The molecule has 32 heavy (non-hydrogen) atoms. The van der Waals surface area contributed by atoms with Crippen molar-refractivity contribution in [3.05, 3.63) is 12.2 Å². The zero-order valence-corrected chi connectivity index (χ0v) is 20.8. The highest BCUT2D eigenvalue weighted by atomic mass is 16.3. The molecule has 4 rings (SSSR count). The first-order valence-electron chi connectivity index (χ1n) is 13.4. The molecular weight excluding hydrogens is 400 g/mol. The number of fused-ring (bicyclic) bond motifs is 5. The van der Waals surface area contributed by atoms with Crippen molar-refractivity contribution < 1.29 is 20.4 Å². The maximum absolute atomic E-state index is 11.4. The first-order valence-corrected chi connectivity index (χ1v) is 13.4. The molecule has 4 aliphatic carbocycles. The molecule has 0 heterocycles. The normalized spacial score (nSPS) is 50.1. The predicted molar refractivity (Wildman–Crippen MR) is 128 cm³/mol. The van der Waals surface area contributed by atoms with Gasteiger partial charge in [-0.15, -0.1) is 0 Å². The summed E-state index contributed by atoms with van der Waals surface area (Å²) in [4.78, 5) is 0. The second kappa shape index (κ2) is 8.98. The minimum absolute atomic E-state index is 0.0878. The molecule has 4 heteroatoms. The summed E-state index contributed by atoms with van der Waals surface area (Å²) in [6.45, 7) is 13.6. The number of hydrogen-bond donors (Lipinski definition) is 4. The molecule has 4 nitrogen and oxygen atoms in total. The van der Waals surface area contributed by atoms with E-state index in [4.69, 9.17) is 0 Å². The SMILES string of the molecule is C=C(CCC(C)C1C[C@@H](O)C2[C@@H]3CC(O)C4C[C@@H](O)CC[C@]4(C)C3CC[C@]12C)[C@H](C)CO. The molecule has 12 atom stereocenters. The predicted octanol–water partition coefficient (Wildman–Crippen LogP) is 4.55. The van der Waals surface area contributed by atoms with Crippen LogP contribution in [-0.4, -0.2) is 45.3 Å². The van der Waals surface area contributed by atoms with E-state index in [2.05, 4.69) is 27.4 Å². The molecule has 4 N–H and O–H groups in total. The third kappa shape index (κ3) is 3.91. The Morgan fingerprint density at radius 1 is 0.938 bits per heavy atom. The Balaban J connectivity index is 1.52. The van der Waals surface area contributed by atoms with Gasteiger partial charge in [0.05, 0.1) is 18.3 Å². The summed E-state index contributed by atoms with van der Waals surface area (Å²) in [5.41, 5.74) is 1.35. The van der Waals surface area contributed by atoms with Crippen molar-refractivity contribution in [3.63, 3.8) is 0 Å². The molecule has 0 bridgehead atoms. The van der Waals surface area contributed by atoms with Gasteiger partial charge in [-0.2, -0.15) is 0 Å². The largest absolute Gasteiger partial charge is 0.396 e. The van der Waals surface area contributed by atoms with Gasteiger partial charge in [0, 0.05) is 6.61 Å². The van der Waals surface area contributed by atoms with Gasteiger partial charge in [-0.1, -0.05) is 39.8 Å². The number of rotatable bonds is 6. The fraction of sp³-hybridized carbons (Fsp3) is 0.929. The molecule has 184 valence electrons. The van der Waals surface area contributed by atoms with E-state index in [1.807, 2.05) is 6.92 Å². The highest BCUT2D eigenvalue weighted by Gasteiger charge is 2.64. The van der Waals surface area contributed by atoms with Crippen LogP contribution in [0.4, 0.5) is 0 Å². The standard InChI is InChI=1S/C28H48O4/c1-16(18(3)15-29)6-7-17(2)22-14-25(32)26-20-13-24(31)23-12-19(30)8-10-27(23,4)21(20)9-11-28(22,26)5/h17-26,29-32H,1,6-15H2,2-5H3/t17?,18-,19+,20-,21?,22?,23?,24?,25-,26?,27-,28-/m1/s1. The summed E-state index contributed by atoms with van der Waals surface area (Å²) in [6.07, 6.45) is 7.73. The van der Waals surface area contributed by atoms with Gasteiger partial charge in [0.25, 0.3) is 0 Å². The third-order valence-corrected chi connectivity index (χ3v) is 11.3. The molecule has 6 unspecified atom stereocenters. The first-order chi connectivity index (χ1) is 15.0. The third-order valence-electron chi connectivity index (χ3n) is 11.3. The maximum Gasteiger partial charge on any atom is 0.0579 e. The van der Waals surface area contributed by atoms with Gasteiger partial charge >= 0.3 is 0 Å². The van der Waals surface area contributed by atoms with Crippen LogP contribution >= 0.6 is 0 Å². The Kier molecular flexibility index (Phi) is 6.93. The Morgan fingerprint density at radius 2 is 1.62 bits per heavy atom. The van der Waals surface area contributed by atoms with Gasteiger partial charge in [-0.05, 0) is 110 Å². The number of aliphatic hydroxyl groups excluding tert-OH is 4. The zero-order valence-electron chi connectivity index (χ0n) is 20.8. The van der Waals surface area contributed by atoms with Crippen LogP contribution in [0.1, 0.15) is 85.5 Å². The molecule has 0 amide bonds. The van der Waals surface area contributed by atoms with E-state index in [1.165, 1.54) is 12.8 Å². The molecule has 0 saturated heterocycles. The first kappa shape index (κ1) is 24.7. The average molecular weight is 449 g/mol. The average Bonchev–Trinajstić information content (AvgIpc) is 3.03. The van der Waals surface area contributed by atoms with E-state index < -0.39 is 0 Å². The van der Waals surface area contributed by atoms with E-state index in [9.17, 15) is 20.4 Å². The molecule has 4 aliphatic rings. The minimum Gasteiger partial charge on any atom is -0.396 e. The van der Waals surface area contributed by atoms with Crippen molar-refractivity contribution in [2.75, 3.05) is 6.61 Å². The van der Waals surface area contributed by atoms with E-state index in [1.54, 1.807) is 0 Å². The molecule has 0 aromatic rings. The maximum atomic E-state index is 11.4. The van der Waals surface area contributed by atoms with Crippen LogP contribution in [0.2, 0.25) is 0 Å². The lowest BCUT2D eigenvalue weighted by molar-refractivity contribution is -0.181. The van der Waals surface area contributed by atoms with Crippen LogP contribution in [-0.2, 0) is 0 Å². The van der Waals surface area contributed by atoms with Crippen molar-refractivity contribution in [1.82, 2.24) is 0 Å². The second-order valence-electron chi connectivity index (χ2n) is 12.9. The van der Waals surface area contributed by atoms with Gasteiger partial charge in [0.1, 0.15) is 0 Å². The molecule has 0 aromatic carbocycles. The highest BCUT2D eigenvalue weighted by Crippen LogP contribution is 2.68. The van der Waals surface area contributed by atoms with Crippen molar-refractivity contribution in [2.24, 2.45) is 52.3 Å². The van der Waals surface area contributed by atoms with Gasteiger partial charge in [0.2, 0.25) is 0 Å². The summed E-state index contributed by atoms with van der Waals surface area (Å²) >= 11 is 0. The van der Waals surface area contributed by atoms with Crippen molar-refractivity contribution in [2.45, 2.75) is 104 Å². The second-order valence-corrected chi connectivity index (χ2v) is 12.9. The molecule has 0 radical (unpaired) electrons. The van der Waals surface area contributed by atoms with Crippen molar-refractivity contribution >= 4 is 0 Å². The van der Waals surface area contributed by atoms with Gasteiger partial charge < -0.3 is 20.4 Å². The summed E-state index contributed by atoms with van der Waals surface area (Å²) in [5, 5.41) is 42.3. The smallest absolute Gasteiger partial charge is 0.0579 e. The highest BCUT2D eigenvalue weighted by molar-refractivity contribution is 5.13. The Hall–Kier alpha value is -0.420. The van der Waals surface area contributed by atoms with Crippen molar-refractivity contribution in [1.29, 1.82) is 0 Å². The molecule has 4 fully saturated rings. The van der Waals surface area contributed by atoms with Crippen molar-refractivity contribution in [3.8, 4) is 0 Å². The topological polar surface area (TPSA) is 80.9 Å². The van der Waals surface area contributed by atoms with E-state index in [-0.39, 0.29) is 53.5 Å². The van der Waals surface area contributed by atoms with Crippen LogP contribution in [0.25, 0.3) is 0 Å². The van der Waals surface area contributed by atoms with Gasteiger partial charge in [-0.25, -0.2) is 0 Å². The summed E-state index contributed by atoms with van der Waals surface area (Å²) < 4.78 is 0. The molecule has 0 aromatic heterocycles. The van der Waals surface area contributed by atoms with Gasteiger partial charge in [0.15, 0.2) is 0 Å². The fourth-order valence-corrected chi connectivity index (χ4v) is 9.26. The van der Waals surface area contributed by atoms with Crippen LogP contribution in [0.3, 0.4) is 0 Å². The molecule has 0 aliphatic heterocycles. The molecule has 4 saturated carbocycles. The fourth-order valence-electron chi connectivity index (χ4n) is 9.26.